The summed E-state index contributed by atoms with van der Waals surface area (Å²) in [6.45, 7) is 6.13. The van der Waals surface area contributed by atoms with Crippen LogP contribution in [0, 0.1) is 28.6 Å². The molecule has 4 aliphatic carbocycles. The molecule has 5 heteroatoms. The zero-order chi connectivity index (χ0) is 20.3. The molecular weight excluding hydrogens is 356 g/mol. The second-order valence-electron chi connectivity index (χ2n) is 9.49. The van der Waals surface area contributed by atoms with E-state index in [-0.39, 0.29) is 48.1 Å². The SMILES string of the molecule is CCOCC(=O)[C@@]1(O)CC[C@H]2[C@@H]3CCC4=CC(=O)C=C[C@]4(C)[C@H]3C(=O)C[C@@]21C. The summed E-state index contributed by atoms with van der Waals surface area (Å²) in [5.74, 6) is -0.123. The lowest BCUT2D eigenvalue weighted by Gasteiger charge is -2.56. The van der Waals surface area contributed by atoms with Crippen molar-refractivity contribution in [3.8, 4) is 0 Å². The first-order valence-corrected chi connectivity index (χ1v) is 10.5. The molecule has 4 aliphatic rings. The first-order chi connectivity index (χ1) is 13.2. The van der Waals surface area contributed by atoms with Crippen LogP contribution in [0.5, 0.6) is 0 Å². The standard InChI is InChI=1S/C23H30O5/c1-4-28-13-19(26)23(27)10-8-17-16-6-5-14-11-15(24)7-9-21(14,2)20(16)18(25)12-22(17,23)3/h7,9,11,16-17,20,27H,4-6,8,10,12-13H2,1-3H3/t16-,17-,20+,21-,22-,23-/m0/s1. The molecule has 1 N–H and O–H groups in total. The molecule has 6 atom stereocenters. The van der Waals surface area contributed by atoms with Crippen molar-refractivity contribution in [2.45, 2.75) is 58.5 Å². The van der Waals surface area contributed by atoms with Crippen molar-refractivity contribution < 1.29 is 24.2 Å². The predicted octanol–water partition coefficient (Wildman–Crippen LogP) is 2.81. The number of fused-ring (bicyclic) bond motifs is 5. The number of ether oxygens (including phenoxy) is 1. The molecule has 0 aromatic heterocycles. The minimum Gasteiger partial charge on any atom is -0.381 e. The molecule has 3 saturated carbocycles. The summed E-state index contributed by atoms with van der Waals surface area (Å²) in [5.41, 5.74) is -1.61. The van der Waals surface area contributed by atoms with Crippen molar-refractivity contribution in [2.24, 2.45) is 28.6 Å². The molecule has 3 fully saturated rings. The number of Topliss-reactive ketones (excluding diaryl/α,β-unsaturated/α-hetero) is 2. The third-order valence-electron chi connectivity index (χ3n) is 8.31. The third-order valence-corrected chi connectivity index (χ3v) is 8.31. The maximum absolute atomic E-state index is 13.4. The molecular formula is C23H30O5. The molecule has 0 aromatic carbocycles. The largest absolute Gasteiger partial charge is 0.381 e. The molecule has 0 radical (unpaired) electrons. The van der Waals surface area contributed by atoms with Crippen LogP contribution in [0.2, 0.25) is 0 Å². The highest BCUT2D eigenvalue weighted by atomic mass is 16.5. The number of carbonyl (C=O) groups is 3. The molecule has 0 spiro atoms. The van der Waals surface area contributed by atoms with Gasteiger partial charge in [-0.2, -0.15) is 0 Å². The Bertz CT molecular complexity index is 795. The Kier molecular flexibility index (Phi) is 4.55. The minimum atomic E-state index is -1.50. The van der Waals surface area contributed by atoms with Crippen LogP contribution >= 0.6 is 0 Å². The molecule has 0 saturated heterocycles. The van der Waals surface area contributed by atoms with Crippen LogP contribution in [0.15, 0.2) is 23.8 Å². The average Bonchev–Trinajstić information content (AvgIpc) is 2.92. The highest BCUT2D eigenvalue weighted by Gasteiger charge is 2.68. The highest BCUT2D eigenvalue weighted by molar-refractivity contribution is 6.02. The molecule has 0 bridgehead atoms. The number of carbonyl (C=O) groups excluding carboxylic acids is 3. The van der Waals surface area contributed by atoms with Crippen molar-refractivity contribution in [1.82, 2.24) is 0 Å². The number of hydrogen-bond acceptors (Lipinski definition) is 5. The van der Waals surface area contributed by atoms with Gasteiger partial charge in [0.15, 0.2) is 11.6 Å². The molecule has 28 heavy (non-hydrogen) atoms. The predicted molar refractivity (Wildman–Crippen MR) is 103 cm³/mol. The van der Waals surface area contributed by atoms with Crippen LogP contribution in [-0.4, -0.2) is 41.3 Å². The first-order valence-electron chi connectivity index (χ1n) is 10.5. The van der Waals surface area contributed by atoms with E-state index in [4.69, 9.17) is 4.74 Å². The van der Waals surface area contributed by atoms with Crippen LogP contribution < -0.4 is 0 Å². The number of hydrogen-bond donors (Lipinski definition) is 1. The van der Waals surface area contributed by atoms with Gasteiger partial charge in [0, 0.05) is 29.8 Å². The van der Waals surface area contributed by atoms with Gasteiger partial charge < -0.3 is 9.84 Å². The maximum Gasteiger partial charge on any atom is 0.190 e. The summed E-state index contributed by atoms with van der Waals surface area (Å²) in [7, 11) is 0. The Hall–Kier alpha value is -1.59. The number of ketones is 3. The van der Waals surface area contributed by atoms with Crippen LogP contribution in [0.25, 0.3) is 0 Å². The van der Waals surface area contributed by atoms with E-state index in [1.165, 1.54) is 0 Å². The second kappa shape index (κ2) is 6.46. The fourth-order valence-electron chi connectivity index (χ4n) is 6.81. The highest BCUT2D eigenvalue weighted by Crippen LogP contribution is 2.66. The van der Waals surface area contributed by atoms with Gasteiger partial charge in [0.25, 0.3) is 0 Å². The van der Waals surface area contributed by atoms with Crippen LogP contribution in [-0.2, 0) is 19.1 Å². The van der Waals surface area contributed by atoms with Gasteiger partial charge in [0.1, 0.15) is 18.0 Å². The Morgan fingerprint density at radius 1 is 1.29 bits per heavy atom. The maximum atomic E-state index is 13.4. The Balaban J connectivity index is 1.69. The van der Waals surface area contributed by atoms with E-state index in [2.05, 4.69) is 6.92 Å². The van der Waals surface area contributed by atoms with E-state index >= 15 is 0 Å². The molecule has 0 amide bonds. The van der Waals surface area contributed by atoms with Crippen molar-refractivity contribution in [3.05, 3.63) is 23.8 Å². The van der Waals surface area contributed by atoms with E-state index < -0.39 is 16.4 Å². The van der Waals surface area contributed by atoms with Crippen LogP contribution in [0.3, 0.4) is 0 Å². The summed E-state index contributed by atoms with van der Waals surface area (Å²) >= 11 is 0. The van der Waals surface area contributed by atoms with Gasteiger partial charge in [0.05, 0.1) is 0 Å². The molecule has 0 aliphatic heterocycles. The average molecular weight is 386 g/mol. The smallest absolute Gasteiger partial charge is 0.190 e. The Labute approximate surface area is 166 Å². The van der Waals surface area contributed by atoms with E-state index in [0.29, 0.717) is 13.0 Å². The second-order valence-corrected chi connectivity index (χ2v) is 9.49. The minimum absolute atomic E-state index is 0.00390. The van der Waals surface area contributed by atoms with Crippen molar-refractivity contribution in [3.63, 3.8) is 0 Å². The molecule has 152 valence electrons. The number of rotatable bonds is 4. The van der Waals surface area contributed by atoms with Crippen LogP contribution in [0.4, 0.5) is 0 Å². The quantitative estimate of drug-likeness (QED) is 0.804. The lowest BCUT2D eigenvalue weighted by molar-refractivity contribution is -0.169. The van der Waals surface area contributed by atoms with Gasteiger partial charge in [-0.05, 0) is 56.6 Å². The van der Waals surface area contributed by atoms with E-state index in [0.717, 1.165) is 24.8 Å². The van der Waals surface area contributed by atoms with Crippen molar-refractivity contribution in [1.29, 1.82) is 0 Å². The summed E-state index contributed by atoms with van der Waals surface area (Å²) in [5, 5.41) is 11.4. The Morgan fingerprint density at radius 2 is 2.04 bits per heavy atom. The molecule has 5 nitrogen and oxygen atoms in total. The van der Waals surface area contributed by atoms with Gasteiger partial charge in [-0.1, -0.05) is 25.5 Å². The van der Waals surface area contributed by atoms with Crippen LogP contribution in [0.1, 0.15) is 52.9 Å². The monoisotopic (exact) mass is 386 g/mol. The number of allylic oxidation sites excluding steroid dienone is 4. The lowest BCUT2D eigenvalue weighted by atomic mass is 9.46. The molecule has 0 aromatic rings. The van der Waals surface area contributed by atoms with Gasteiger partial charge in [-0.3, -0.25) is 14.4 Å². The zero-order valence-corrected chi connectivity index (χ0v) is 17.0. The Morgan fingerprint density at radius 3 is 2.75 bits per heavy atom. The molecule has 0 heterocycles. The molecule has 4 rings (SSSR count). The van der Waals surface area contributed by atoms with Gasteiger partial charge in [-0.25, -0.2) is 0 Å². The fourth-order valence-corrected chi connectivity index (χ4v) is 6.81. The zero-order valence-electron chi connectivity index (χ0n) is 17.0. The number of aliphatic hydroxyl groups is 1. The van der Waals surface area contributed by atoms with Gasteiger partial charge in [0.2, 0.25) is 0 Å². The van der Waals surface area contributed by atoms with E-state index in [1.54, 1.807) is 12.2 Å². The van der Waals surface area contributed by atoms with Gasteiger partial charge in [-0.15, -0.1) is 0 Å². The van der Waals surface area contributed by atoms with Crippen molar-refractivity contribution >= 4 is 17.3 Å². The third kappa shape index (κ3) is 2.48. The summed E-state index contributed by atoms with van der Waals surface area (Å²) in [4.78, 5) is 38.1. The summed E-state index contributed by atoms with van der Waals surface area (Å²) in [6.07, 6.45) is 8.17. The summed E-state index contributed by atoms with van der Waals surface area (Å²) < 4.78 is 5.28. The van der Waals surface area contributed by atoms with E-state index in [9.17, 15) is 19.5 Å². The van der Waals surface area contributed by atoms with Gasteiger partial charge >= 0.3 is 0 Å². The van der Waals surface area contributed by atoms with E-state index in [1.807, 2.05) is 19.9 Å². The normalized spacial score (nSPS) is 44.6. The summed E-state index contributed by atoms with van der Waals surface area (Å²) in [6, 6.07) is 0. The first kappa shape index (κ1) is 19.7. The lowest BCUT2D eigenvalue weighted by Crippen LogP contribution is -2.60. The fraction of sp³-hybridized carbons (Fsp3) is 0.696. The van der Waals surface area contributed by atoms with Crippen molar-refractivity contribution in [2.75, 3.05) is 13.2 Å². The topological polar surface area (TPSA) is 80.7 Å². The molecule has 0 unspecified atom stereocenters.